The highest BCUT2D eigenvalue weighted by Crippen LogP contribution is 2.28. The van der Waals surface area contributed by atoms with Gasteiger partial charge in [-0.15, -0.1) is 0 Å². The monoisotopic (exact) mass is 397 g/mol. The summed E-state index contributed by atoms with van der Waals surface area (Å²) >= 11 is 0. The van der Waals surface area contributed by atoms with Gasteiger partial charge in [0.15, 0.2) is 0 Å². The number of fused-ring (bicyclic) bond motifs is 1. The molecule has 152 valence electrons. The van der Waals surface area contributed by atoms with Crippen molar-refractivity contribution in [2.24, 2.45) is 0 Å². The van der Waals surface area contributed by atoms with Crippen LogP contribution < -0.4 is 0 Å². The lowest BCUT2D eigenvalue weighted by molar-refractivity contribution is -0.107. The van der Waals surface area contributed by atoms with Crippen LogP contribution in [0, 0.1) is 0 Å². The maximum Gasteiger partial charge on any atom is 0.120 e. The summed E-state index contributed by atoms with van der Waals surface area (Å²) in [6.07, 6.45) is 6.59. The molecule has 4 rings (SSSR count). The van der Waals surface area contributed by atoms with Crippen LogP contribution in [0.2, 0.25) is 0 Å². The van der Waals surface area contributed by atoms with Gasteiger partial charge in [-0.3, -0.25) is 0 Å². The van der Waals surface area contributed by atoms with Crippen molar-refractivity contribution in [2.45, 2.75) is 32.3 Å². The number of carbonyl (C=O) groups is 1. The SMILES string of the molecule is COCc1ccc(-n2cc(CCc3ccccc3)c3cc(CCC=O)ccc32)cc1. The standard InChI is InChI=1S/C27H27NO2/c1-30-20-23-10-14-25(15-11-23)28-19-24(13-9-21-6-3-2-4-7-21)26-18-22(8-5-17-29)12-16-27(26)28/h2-4,6-7,10-12,14-19H,5,8-9,13,20H2,1H3. The minimum atomic E-state index is 0.562. The largest absolute Gasteiger partial charge is 0.380 e. The maximum atomic E-state index is 10.8. The molecule has 3 nitrogen and oxygen atoms in total. The van der Waals surface area contributed by atoms with E-state index in [1.54, 1.807) is 7.11 Å². The number of benzene rings is 3. The third kappa shape index (κ3) is 4.52. The molecule has 0 bridgehead atoms. The minimum absolute atomic E-state index is 0.562. The van der Waals surface area contributed by atoms with E-state index in [-0.39, 0.29) is 0 Å². The first-order valence-electron chi connectivity index (χ1n) is 10.5. The van der Waals surface area contributed by atoms with Crippen LogP contribution in [0.3, 0.4) is 0 Å². The summed E-state index contributed by atoms with van der Waals surface area (Å²) in [6.45, 7) is 0.620. The minimum Gasteiger partial charge on any atom is -0.380 e. The number of methoxy groups -OCH3 is 1. The van der Waals surface area contributed by atoms with E-state index in [0.29, 0.717) is 13.0 Å². The predicted molar refractivity (Wildman–Crippen MR) is 122 cm³/mol. The van der Waals surface area contributed by atoms with Crippen LogP contribution in [-0.2, 0) is 35.4 Å². The van der Waals surface area contributed by atoms with E-state index in [0.717, 1.165) is 36.8 Å². The maximum absolute atomic E-state index is 10.8. The van der Waals surface area contributed by atoms with E-state index in [1.165, 1.54) is 27.6 Å². The van der Waals surface area contributed by atoms with Crippen LogP contribution in [0.4, 0.5) is 0 Å². The Kier molecular flexibility index (Phi) is 6.41. The zero-order valence-electron chi connectivity index (χ0n) is 17.4. The van der Waals surface area contributed by atoms with Crippen LogP contribution in [0.25, 0.3) is 16.6 Å². The topological polar surface area (TPSA) is 31.2 Å². The summed E-state index contributed by atoms with van der Waals surface area (Å²) in [5, 5.41) is 1.27. The van der Waals surface area contributed by atoms with Gasteiger partial charge in [-0.25, -0.2) is 0 Å². The van der Waals surface area contributed by atoms with E-state index >= 15 is 0 Å². The highest BCUT2D eigenvalue weighted by atomic mass is 16.5. The predicted octanol–water partition coefficient (Wildman–Crippen LogP) is 5.69. The normalized spacial score (nSPS) is 11.1. The van der Waals surface area contributed by atoms with Gasteiger partial charge in [-0.1, -0.05) is 48.5 Å². The van der Waals surface area contributed by atoms with E-state index in [9.17, 15) is 4.79 Å². The van der Waals surface area contributed by atoms with Crippen LogP contribution in [-0.4, -0.2) is 18.0 Å². The van der Waals surface area contributed by atoms with Crippen molar-refractivity contribution in [3.05, 3.63) is 101 Å². The number of hydrogen-bond donors (Lipinski definition) is 0. The first kappa shape index (κ1) is 20.1. The number of aldehydes is 1. The van der Waals surface area contributed by atoms with Crippen LogP contribution in [0.5, 0.6) is 0 Å². The molecule has 1 heterocycles. The molecule has 0 saturated heterocycles. The van der Waals surface area contributed by atoms with Gasteiger partial charge < -0.3 is 14.1 Å². The molecule has 30 heavy (non-hydrogen) atoms. The Labute approximate surface area is 177 Å². The molecule has 0 atom stereocenters. The fourth-order valence-electron chi connectivity index (χ4n) is 3.98. The van der Waals surface area contributed by atoms with Gasteiger partial charge in [-0.2, -0.15) is 0 Å². The van der Waals surface area contributed by atoms with Gasteiger partial charge in [0.1, 0.15) is 6.29 Å². The molecule has 0 amide bonds. The third-order valence-electron chi connectivity index (χ3n) is 5.55. The van der Waals surface area contributed by atoms with Gasteiger partial charge in [0, 0.05) is 30.8 Å². The summed E-state index contributed by atoms with van der Waals surface area (Å²) in [4.78, 5) is 10.8. The lowest BCUT2D eigenvalue weighted by Crippen LogP contribution is -1.94. The second kappa shape index (κ2) is 9.55. The number of aromatic nitrogens is 1. The lowest BCUT2D eigenvalue weighted by Gasteiger charge is -2.07. The van der Waals surface area contributed by atoms with Crippen molar-refractivity contribution in [2.75, 3.05) is 7.11 Å². The van der Waals surface area contributed by atoms with E-state index in [1.807, 2.05) is 0 Å². The van der Waals surface area contributed by atoms with Gasteiger partial charge in [-0.05, 0) is 65.8 Å². The average molecular weight is 398 g/mol. The van der Waals surface area contributed by atoms with Crippen LogP contribution in [0.15, 0.2) is 79.0 Å². The summed E-state index contributed by atoms with van der Waals surface area (Å²) in [6, 6.07) is 25.7. The molecule has 0 aliphatic carbocycles. The molecule has 0 radical (unpaired) electrons. The van der Waals surface area contributed by atoms with Crippen molar-refractivity contribution in [3.8, 4) is 5.69 Å². The van der Waals surface area contributed by atoms with Gasteiger partial charge >= 0.3 is 0 Å². The molecular weight excluding hydrogens is 370 g/mol. The fourth-order valence-corrected chi connectivity index (χ4v) is 3.98. The molecular formula is C27H27NO2. The second-order valence-corrected chi connectivity index (χ2v) is 7.67. The Morgan fingerprint density at radius 2 is 1.60 bits per heavy atom. The quantitative estimate of drug-likeness (QED) is 0.340. The van der Waals surface area contributed by atoms with Crippen molar-refractivity contribution < 1.29 is 9.53 Å². The van der Waals surface area contributed by atoms with Crippen molar-refractivity contribution in [3.63, 3.8) is 0 Å². The molecule has 4 aromatic rings. The highest BCUT2D eigenvalue weighted by molar-refractivity contribution is 5.86. The number of carbonyl (C=O) groups excluding carboxylic acids is 1. The Morgan fingerprint density at radius 1 is 0.833 bits per heavy atom. The lowest BCUT2D eigenvalue weighted by atomic mass is 10.0. The number of rotatable bonds is 9. The van der Waals surface area contributed by atoms with Crippen LogP contribution in [0.1, 0.15) is 28.7 Å². The fraction of sp³-hybridized carbons (Fsp3) is 0.222. The van der Waals surface area contributed by atoms with Gasteiger partial charge in [0.05, 0.1) is 12.1 Å². The van der Waals surface area contributed by atoms with E-state index in [2.05, 4.69) is 83.6 Å². The molecule has 0 N–H and O–H groups in total. The van der Waals surface area contributed by atoms with Crippen molar-refractivity contribution >= 4 is 17.2 Å². The van der Waals surface area contributed by atoms with Crippen molar-refractivity contribution in [1.82, 2.24) is 4.57 Å². The Balaban J connectivity index is 1.71. The van der Waals surface area contributed by atoms with Gasteiger partial charge in [0.2, 0.25) is 0 Å². The van der Waals surface area contributed by atoms with Gasteiger partial charge in [0.25, 0.3) is 0 Å². The zero-order valence-corrected chi connectivity index (χ0v) is 17.4. The first-order chi connectivity index (χ1) is 14.8. The first-order valence-corrected chi connectivity index (χ1v) is 10.5. The molecule has 3 heteroatoms. The Morgan fingerprint density at radius 3 is 2.33 bits per heavy atom. The molecule has 3 aromatic carbocycles. The summed E-state index contributed by atoms with van der Waals surface area (Å²) < 4.78 is 7.51. The number of hydrogen-bond acceptors (Lipinski definition) is 2. The van der Waals surface area contributed by atoms with Crippen molar-refractivity contribution in [1.29, 1.82) is 0 Å². The Bertz CT molecular complexity index is 1110. The number of ether oxygens (including phenoxy) is 1. The van der Waals surface area contributed by atoms with E-state index < -0.39 is 0 Å². The zero-order chi connectivity index (χ0) is 20.8. The molecule has 0 unspecified atom stereocenters. The van der Waals surface area contributed by atoms with E-state index in [4.69, 9.17) is 4.74 Å². The summed E-state index contributed by atoms with van der Waals surface area (Å²) in [5.74, 6) is 0. The highest BCUT2D eigenvalue weighted by Gasteiger charge is 2.11. The summed E-state index contributed by atoms with van der Waals surface area (Å²) in [7, 11) is 1.72. The summed E-state index contributed by atoms with van der Waals surface area (Å²) in [5.41, 5.74) is 7.41. The smallest absolute Gasteiger partial charge is 0.120 e. The number of nitrogens with zero attached hydrogens (tertiary/aromatic N) is 1. The molecule has 0 saturated carbocycles. The number of aryl methyl sites for hydroxylation is 3. The second-order valence-electron chi connectivity index (χ2n) is 7.67. The van der Waals surface area contributed by atoms with Crippen LogP contribution >= 0.6 is 0 Å². The molecule has 0 aliphatic rings. The molecule has 0 fully saturated rings. The average Bonchev–Trinajstić information content (AvgIpc) is 3.15. The molecule has 0 spiro atoms. The molecule has 0 aliphatic heterocycles. The third-order valence-corrected chi connectivity index (χ3v) is 5.55. The molecule has 1 aromatic heterocycles. The Hall–Kier alpha value is -3.17.